The molecule has 2 saturated heterocycles. The first-order chi connectivity index (χ1) is 13.2. The first-order valence-corrected chi connectivity index (χ1v) is 10.6. The van der Waals surface area contributed by atoms with Crippen molar-refractivity contribution in [2.45, 2.75) is 63.5 Å². The second-order valence-electron chi connectivity index (χ2n) is 8.40. The van der Waals surface area contributed by atoms with Gasteiger partial charge in [-0.2, -0.15) is 0 Å². The molecule has 5 nitrogen and oxygen atoms in total. The van der Waals surface area contributed by atoms with Crippen molar-refractivity contribution in [2.24, 2.45) is 5.92 Å². The summed E-state index contributed by atoms with van der Waals surface area (Å²) in [6.45, 7) is 2.17. The molecule has 1 N–H and O–H groups in total. The Bertz CT molecular complexity index is 649. The van der Waals surface area contributed by atoms with Crippen molar-refractivity contribution < 1.29 is 9.59 Å². The molecule has 3 fully saturated rings. The zero-order valence-corrected chi connectivity index (χ0v) is 16.1. The van der Waals surface area contributed by atoms with Gasteiger partial charge in [0.2, 0.25) is 5.91 Å². The summed E-state index contributed by atoms with van der Waals surface area (Å²) in [5, 5.41) is 2.95. The maximum absolute atomic E-state index is 12.9. The summed E-state index contributed by atoms with van der Waals surface area (Å²) >= 11 is 0. The first-order valence-electron chi connectivity index (χ1n) is 10.6. The number of rotatable bonds is 4. The van der Waals surface area contributed by atoms with Crippen LogP contribution < -0.4 is 5.32 Å². The number of amides is 3. The Hall–Kier alpha value is -2.04. The third-order valence-corrected chi connectivity index (χ3v) is 6.54. The number of hydrogen-bond acceptors (Lipinski definition) is 2. The van der Waals surface area contributed by atoms with Crippen LogP contribution in [0.3, 0.4) is 0 Å². The standard InChI is InChI=1S/C22H31N3O2/c26-21(20-16-25(22(27)23-20)19-9-5-2-6-10-19)24-13-11-18(12-14-24)15-17-7-3-1-4-8-17/h1,3-4,7-8,18-20H,2,5-6,9-16H2,(H,23,27). The van der Waals surface area contributed by atoms with Crippen molar-refractivity contribution in [3.63, 3.8) is 0 Å². The van der Waals surface area contributed by atoms with Gasteiger partial charge in [-0.15, -0.1) is 0 Å². The highest BCUT2D eigenvalue weighted by Crippen LogP contribution is 2.26. The minimum Gasteiger partial charge on any atom is -0.341 e. The van der Waals surface area contributed by atoms with Gasteiger partial charge >= 0.3 is 6.03 Å². The molecule has 1 unspecified atom stereocenters. The second-order valence-corrected chi connectivity index (χ2v) is 8.40. The third-order valence-electron chi connectivity index (χ3n) is 6.54. The summed E-state index contributed by atoms with van der Waals surface area (Å²) in [5.41, 5.74) is 1.38. The van der Waals surface area contributed by atoms with Crippen LogP contribution in [0.2, 0.25) is 0 Å². The van der Waals surface area contributed by atoms with Crippen LogP contribution in [0.15, 0.2) is 30.3 Å². The summed E-state index contributed by atoms with van der Waals surface area (Å²) in [5.74, 6) is 0.758. The Morgan fingerprint density at radius 1 is 1.00 bits per heavy atom. The van der Waals surface area contributed by atoms with E-state index in [0.29, 0.717) is 18.5 Å². The zero-order chi connectivity index (χ0) is 18.6. The minimum absolute atomic E-state index is 0.0424. The molecule has 3 amide bonds. The summed E-state index contributed by atoms with van der Waals surface area (Å²) < 4.78 is 0. The topological polar surface area (TPSA) is 52.7 Å². The highest BCUT2D eigenvalue weighted by Gasteiger charge is 2.39. The predicted octanol–water partition coefficient (Wildman–Crippen LogP) is 3.19. The number of benzene rings is 1. The largest absolute Gasteiger partial charge is 0.341 e. The molecule has 1 saturated carbocycles. The smallest absolute Gasteiger partial charge is 0.318 e. The van der Waals surface area contributed by atoms with Crippen LogP contribution in [0.5, 0.6) is 0 Å². The van der Waals surface area contributed by atoms with Gasteiger partial charge in [-0.3, -0.25) is 4.79 Å². The summed E-state index contributed by atoms with van der Waals surface area (Å²) in [6, 6.07) is 10.5. The lowest BCUT2D eigenvalue weighted by Gasteiger charge is -2.34. The summed E-state index contributed by atoms with van der Waals surface area (Å²) in [7, 11) is 0. The summed E-state index contributed by atoms with van der Waals surface area (Å²) in [4.78, 5) is 29.2. The van der Waals surface area contributed by atoms with Gasteiger partial charge in [0.05, 0.1) is 6.54 Å². The molecule has 2 heterocycles. The van der Waals surface area contributed by atoms with Gasteiger partial charge < -0.3 is 15.1 Å². The molecule has 27 heavy (non-hydrogen) atoms. The molecule has 4 rings (SSSR count). The van der Waals surface area contributed by atoms with Gasteiger partial charge in [-0.05, 0) is 43.6 Å². The van der Waals surface area contributed by atoms with E-state index in [1.165, 1.54) is 24.8 Å². The molecule has 2 aliphatic heterocycles. The Morgan fingerprint density at radius 3 is 2.41 bits per heavy atom. The normalized spacial score (nSPS) is 24.9. The highest BCUT2D eigenvalue weighted by atomic mass is 16.2. The fourth-order valence-electron chi connectivity index (χ4n) is 4.93. The van der Waals surface area contributed by atoms with Crippen LogP contribution in [0.25, 0.3) is 0 Å². The molecule has 146 valence electrons. The Morgan fingerprint density at radius 2 is 1.70 bits per heavy atom. The lowest BCUT2D eigenvalue weighted by Crippen LogP contribution is -2.48. The van der Waals surface area contributed by atoms with Crippen LogP contribution in [0.4, 0.5) is 4.79 Å². The molecule has 5 heteroatoms. The number of carbonyl (C=O) groups is 2. The van der Waals surface area contributed by atoms with E-state index in [4.69, 9.17) is 0 Å². The molecule has 1 aromatic rings. The van der Waals surface area contributed by atoms with Crippen molar-refractivity contribution >= 4 is 11.9 Å². The number of hydrogen-bond donors (Lipinski definition) is 1. The third kappa shape index (κ3) is 4.28. The van der Waals surface area contributed by atoms with Crippen molar-refractivity contribution in [2.75, 3.05) is 19.6 Å². The van der Waals surface area contributed by atoms with Crippen LogP contribution in [-0.2, 0) is 11.2 Å². The van der Waals surface area contributed by atoms with Gasteiger partial charge in [-0.1, -0.05) is 49.6 Å². The molecule has 1 aliphatic carbocycles. The van der Waals surface area contributed by atoms with E-state index in [9.17, 15) is 9.59 Å². The van der Waals surface area contributed by atoms with Gasteiger partial charge in [0.15, 0.2) is 0 Å². The number of nitrogens with zero attached hydrogens (tertiary/aromatic N) is 2. The lowest BCUT2D eigenvalue weighted by molar-refractivity contribution is -0.134. The van der Waals surface area contributed by atoms with Crippen molar-refractivity contribution in [1.29, 1.82) is 0 Å². The van der Waals surface area contributed by atoms with E-state index in [1.54, 1.807) is 0 Å². The SMILES string of the molecule is O=C(C1CN(C2CCCCC2)C(=O)N1)N1CCC(Cc2ccccc2)CC1. The van der Waals surface area contributed by atoms with Gasteiger partial charge in [0, 0.05) is 19.1 Å². The van der Waals surface area contributed by atoms with Crippen molar-refractivity contribution in [3.8, 4) is 0 Å². The second kappa shape index (κ2) is 8.32. The van der Waals surface area contributed by atoms with Crippen LogP contribution in [0, 0.1) is 5.92 Å². The average Bonchev–Trinajstić information content (AvgIpc) is 3.11. The quantitative estimate of drug-likeness (QED) is 0.886. The molecule has 1 atom stereocenters. The van der Waals surface area contributed by atoms with E-state index in [0.717, 1.165) is 45.2 Å². The van der Waals surface area contributed by atoms with Crippen molar-refractivity contribution in [3.05, 3.63) is 35.9 Å². The molecule has 0 bridgehead atoms. The minimum atomic E-state index is -0.356. The maximum atomic E-state index is 12.9. The van der Waals surface area contributed by atoms with Crippen LogP contribution >= 0.6 is 0 Å². The predicted molar refractivity (Wildman–Crippen MR) is 105 cm³/mol. The van der Waals surface area contributed by atoms with Crippen molar-refractivity contribution in [1.82, 2.24) is 15.1 Å². The number of urea groups is 1. The van der Waals surface area contributed by atoms with E-state index in [2.05, 4.69) is 35.6 Å². The van der Waals surface area contributed by atoms with Gasteiger partial charge in [0.25, 0.3) is 0 Å². The maximum Gasteiger partial charge on any atom is 0.318 e. The molecule has 1 aromatic carbocycles. The van der Waals surface area contributed by atoms with E-state index >= 15 is 0 Å². The Balaban J connectivity index is 1.27. The van der Waals surface area contributed by atoms with E-state index in [1.807, 2.05) is 9.80 Å². The van der Waals surface area contributed by atoms with Gasteiger partial charge in [-0.25, -0.2) is 4.79 Å². The fourth-order valence-corrected chi connectivity index (χ4v) is 4.93. The van der Waals surface area contributed by atoms with Gasteiger partial charge in [0.1, 0.15) is 6.04 Å². The molecular formula is C22H31N3O2. The molecule has 0 radical (unpaired) electrons. The Kier molecular flexibility index (Phi) is 5.65. The highest BCUT2D eigenvalue weighted by molar-refractivity contribution is 5.90. The number of nitrogens with one attached hydrogen (secondary N) is 1. The van der Waals surface area contributed by atoms with E-state index in [-0.39, 0.29) is 18.0 Å². The number of carbonyl (C=O) groups excluding carboxylic acids is 2. The summed E-state index contributed by atoms with van der Waals surface area (Å²) in [6.07, 6.45) is 9.02. The lowest BCUT2D eigenvalue weighted by atomic mass is 9.90. The van der Waals surface area contributed by atoms with E-state index < -0.39 is 0 Å². The molecule has 3 aliphatic rings. The Labute approximate surface area is 162 Å². The molecule has 0 spiro atoms. The molecular weight excluding hydrogens is 338 g/mol. The van der Waals surface area contributed by atoms with Crippen LogP contribution in [-0.4, -0.2) is 53.5 Å². The number of likely N-dealkylation sites (tertiary alicyclic amines) is 1. The van der Waals surface area contributed by atoms with Crippen LogP contribution in [0.1, 0.15) is 50.5 Å². The first kappa shape index (κ1) is 18.3. The molecule has 0 aromatic heterocycles. The monoisotopic (exact) mass is 369 g/mol. The zero-order valence-electron chi connectivity index (χ0n) is 16.1. The number of piperidine rings is 1. The average molecular weight is 370 g/mol. The fraction of sp³-hybridized carbons (Fsp3) is 0.636.